The lowest BCUT2D eigenvalue weighted by molar-refractivity contribution is -0.140. The third kappa shape index (κ3) is 7.46. The van der Waals surface area contributed by atoms with Crippen LogP contribution in [0.1, 0.15) is 97.3 Å². The maximum Gasteiger partial charge on any atom is 0.351 e. The summed E-state index contributed by atoms with van der Waals surface area (Å²) in [5, 5.41) is 30.9. The summed E-state index contributed by atoms with van der Waals surface area (Å²) >= 11 is 0. The number of carboxylic acids is 1. The Morgan fingerprint density at radius 3 is 2.33 bits per heavy atom. The fourth-order valence-corrected chi connectivity index (χ4v) is 4.69. The van der Waals surface area contributed by atoms with Crippen molar-refractivity contribution in [3.05, 3.63) is 51.8 Å². The zero-order valence-electron chi connectivity index (χ0n) is 22.4. The number of unbranched alkanes of at least 4 members (excludes halogenated alkanes) is 8. The minimum Gasteiger partial charge on any atom is -0.478 e. The van der Waals surface area contributed by atoms with E-state index in [1.54, 1.807) is 0 Å². The fraction of sp³-hybridized carbons (Fsp3) is 0.593. The highest BCUT2D eigenvalue weighted by Crippen LogP contribution is 2.42. The van der Waals surface area contributed by atoms with Gasteiger partial charge in [-0.3, -0.25) is 14.3 Å². The van der Waals surface area contributed by atoms with E-state index in [2.05, 4.69) is 22.2 Å². The number of amides is 1. The van der Waals surface area contributed by atoms with E-state index in [1.165, 1.54) is 44.4 Å². The molecule has 2 aromatic rings. The van der Waals surface area contributed by atoms with Crippen LogP contribution in [0.25, 0.3) is 0 Å². The number of aromatic nitrogens is 3. The number of anilines is 1. The van der Waals surface area contributed by atoms with Crippen LogP contribution in [0.2, 0.25) is 0 Å². The first kappa shape index (κ1) is 31.2. The Kier molecular flexibility index (Phi) is 11.2. The molecule has 220 valence electrons. The molecule has 1 fully saturated rings. The second kappa shape index (κ2) is 14.4. The average Bonchev–Trinajstić information content (AvgIpc) is 3.15. The molecule has 4 N–H and O–H groups in total. The number of carbonyl (C=O) groups is 2. The van der Waals surface area contributed by atoms with Crippen molar-refractivity contribution in [2.45, 2.75) is 95.5 Å². The maximum absolute atomic E-state index is 14.4. The number of aliphatic hydroxyl groups is 2. The van der Waals surface area contributed by atoms with Crippen molar-refractivity contribution < 1.29 is 38.4 Å². The lowest BCUT2D eigenvalue weighted by atomic mass is 10.0. The van der Waals surface area contributed by atoms with Crippen molar-refractivity contribution >= 4 is 17.7 Å². The Morgan fingerprint density at radius 2 is 1.75 bits per heavy atom. The SMILES string of the molecule is CCCCCCCCCCCc1nccc(C(=O)O)c1C(=O)Nc1ccn([C@@H]2O[C@H](CO)[C@@H](O)C2(F)F)c(=O)n1. The highest BCUT2D eigenvalue weighted by molar-refractivity contribution is 6.11. The number of rotatable bonds is 15. The molecule has 0 unspecified atom stereocenters. The molecule has 40 heavy (non-hydrogen) atoms. The number of halogens is 2. The third-order valence-corrected chi connectivity index (χ3v) is 6.89. The third-order valence-electron chi connectivity index (χ3n) is 6.89. The summed E-state index contributed by atoms with van der Waals surface area (Å²) in [7, 11) is 0. The zero-order valence-corrected chi connectivity index (χ0v) is 22.4. The summed E-state index contributed by atoms with van der Waals surface area (Å²) in [5.74, 6) is -6.39. The molecule has 3 rings (SSSR count). The van der Waals surface area contributed by atoms with Crippen LogP contribution < -0.4 is 11.0 Å². The quantitative estimate of drug-likeness (QED) is 0.236. The summed E-state index contributed by atoms with van der Waals surface area (Å²) in [6.07, 6.45) is 6.21. The topological polar surface area (TPSA) is 164 Å². The number of aromatic carboxylic acids is 1. The number of alkyl halides is 2. The molecule has 3 heterocycles. The van der Waals surface area contributed by atoms with Gasteiger partial charge in [0.1, 0.15) is 11.9 Å². The van der Waals surface area contributed by atoms with Gasteiger partial charge in [-0.1, -0.05) is 58.3 Å². The molecule has 0 aliphatic carbocycles. The number of pyridine rings is 1. The summed E-state index contributed by atoms with van der Waals surface area (Å²) in [5.41, 5.74) is -1.36. The van der Waals surface area contributed by atoms with E-state index in [0.29, 0.717) is 17.4 Å². The molecule has 11 nitrogen and oxygen atoms in total. The highest BCUT2D eigenvalue weighted by Gasteiger charge is 2.59. The molecule has 1 aliphatic heterocycles. The van der Waals surface area contributed by atoms with Gasteiger partial charge >= 0.3 is 17.6 Å². The van der Waals surface area contributed by atoms with Crippen molar-refractivity contribution in [3.8, 4) is 0 Å². The average molecular weight is 567 g/mol. The van der Waals surface area contributed by atoms with Gasteiger partial charge in [-0.05, 0) is 25.0 Å². The molecular formula is C27H36F2N4O7. The van der Waals surface area contributed by atoms with Crippen molar-refractivity contribution in [1.29, 1.82) is 0 Å². The number of ether oxygens (including phenoxy) is 1. The van der Waals surface area contributed by atoms with E-state index in [-0.39, 0.29) is 22.6 Å². The smallest absolute Gasteiger partial charge is 0.351 e. The lowest BCUT2D eigenvalue weighted by Crippen LogP contribution is -2.41. The van der Waals surface area contributed by atoms with Gasteiger partial charge in [0.2, 0.25) is 6.23 Å². The van der Waals surface area contributed by atoms with Crippen LogP contribution >= 0.6 is 0 Å². The predicted molar refractivity (Wildman–Crippen MR) is 141 cm³/mol. The van der Waals surface area contributed by atoms with Gasteiger partial charge in [0, 0.05) is 12.4 Å². The molecule has 0 spiro atoms. The van der Waals surface area contributed by atoms with E-state index in [1.807, 2.05) is 0 Å². The molecule has 0 radical (unpaired) electrons. The molecule has 1 amide bonds. The predicted octanol–water partition coefficient (Wildman–Crippen LogP) is 3.55. The molecule has 0 bridgehead atoms. The second-order valence-corrected chi connectivity index (χ2v) is 9.85. The largest absolute Gasteiger partial charge is 0.478 e. The van der Waals surface area contributed by atoms with Crippen molar-refractivity contribution in [2.24, 2.45) is 0 Å². The number of hydrogen-bond donors (Lipinski definition) is 4. The van der Waals surface area contributed by atoms with Gasteiger partial charge < -0.3 is 25.4 Å². The minimum absolute atomic E-state index is 0.167. The Hall–Kier alpha value is -3.29. The van der Waals surface area contributed by atoms with Gasteiger partial charge in [0.05, 0.1) is 23.4 Å². The van der Waals surface area contributed by atoms with Crippen LogP contribution in [0.15, 0.2) is 29.3 Å². The number of aryl methyl sites for hydroxylation is 1. The van der Waals surface area contributed by atoms with Crippen molar-refractivity contribution in [3.63, 3.8) is 0 Å². The lowest BCUT2D eigenvalue weighted by Gasteiger charge is -2.21. The molecule has 0 saturated carbocycles. The Balaban J connectivity index is 1.69. The van der Waals surface area contributed by atoms with Gasteiger partial charge in [-0.2, -0.15) is 13.8 Å². The molecule has 13 heteroatoms. The standard InChI is InChI=1S/C27H36F2N4O7/c1-2-3-4-5-6-7-8-9-10-11-18-21(17(24(37)38)12-14-30-18)23(36)31-20-13-15-33(26(39)32-20)25-27(28,29)22(35)19(16-34)40-25/h12-15,19,22,25,34-35H,2-11,16H2,1H3,(H,37,38)(H,31,32,36,39)/t19-,22-,25-/m1/s1. The van der Waals surface area contributed by atoms with E-state index in [4.69, 9.17) is 9.84 Å². The summed E-state index contributed by atoms with van der Waals surface area (Å²) in [4.78, 5) is 45.3. The van der Waals surface area contributed by atoms with Crippen LogP contribution in [-0.4, -0.2) is 66.5 Å². The van der Waals surface area contributed by atoms with Crippen LogP contribution in [-0.2, 0) is 11.2 Å². The van der Waals surface area contributed by atoms with Crippen molar-refractivity contribution in [1.82, 2.24) is 14.5 Å². The van der Waals surface area contributed by atoms with E-state index < -0.39 is 48.5 Å². The molecule has 2 aromatic heterocycles. The molecule has 1 aliphatic rings. The number of carbonyl (C=O) groups excluding carboxylic acids is 1. The number of nitrogens with one attached hydrogen (secondary N) is 1. The highest BCUT2D eigenvalue weighted by atomic mass is 19.3. The summed E-state index contributed by atoms with van der Waals surface area (Å²) < 4.78 is 34.2. The van der Waals surface area contributed by atoms with Gasteiger partial charge in [-0.15, -0.1) is 0 Å². The van der Waals surface area contributed by atoms with Crippen LogP contribution in [0, 0.1) is 0 Å². The first-order valence-electron chi connectivity index (χ1n) is 13.6. The minimum atomic E-state index is -3.89. The number of carboxylic acid groups (broad SMARTS) is 1. The zero-order chi connectivity index (χ0) is 29.3. The normalized spacial score (nSPS) is 20.0. The first-order chi connectivity index (χ1) is 19.1. The molecule has 1 saturated heterocycles. The number of hydrogen-bond acceptors (Lipinski definition) is 8. The van der Waals surface area contributed by atoms with Crippen LogP contribution in [0.3, 0.4) is 0 Å². The van der Waals surface area contributed by atoms with Crippen LogP contribution in [0.5, 0.6) is 0 Å². The summed E-state index contributed by atoms with van der Waals surface area (Å²) in [6.45, 7) is 1.29. The van der Waals surface area contributed by atoms with E-state index in [9.17, 15) is 33.4 Å². The second-order valence-electron chi connectivity index (χ2n) is 9.85. The Labute approximate surface area is 230 Å². The Bertz CT molecular complexity index is 1220. The van der Waals surface area contributed by atoms with Crippen LogP contribution in [0.4, 0.5) is 14.6 Å². The monoisotopic (exact) mass is 566 g/mol. The Morgan fingerprint density at radius 1 is 1.10 bits per heavy atom. The molecule has 0 aromatic carbocycles. The first-order valence-corrected chi connectivity index (χ1v) is 13.6. The van der Waals surface area contributed by atoms with Gasteiger partial charge in [-0.25, -0.2) is 9.59 Å². The maximum atomic E-state index is 14.4. The van der Waals surface area contributed by atoms with Gasteiger partial charge in [0.15, 0.2) is 6.10 Å². The van der Waals surface area contributed by atoms with Crippen molar-refractivity contribution in [2.75, 3.05) is 11.9 Å². The molecular weight excluding hydrogens is 530 g/mol. The summed E-state index contributed by atoms with van der Waals surface area (Å²) in [6, 6.07) is 2.26. The number of nitrogens with zero attached hydrogens (tertiary/aromatic N) is 3. The van der Waals surface area contributed by atoms with Gasteiger partial charge in [0.25, 0.3) is 5.91 Å². The van der Waals surface area contributed by atoms with E-state index in [0.717, 1.165) is 31.5 Å². The fourth-order valence-electron chi connectivity index (χ4n) is 4.69. The molecule has 3 atom stereocenters. The van der Waals surface area contributed by atoms with E-state index >= 15 is 0 Å². The number of aliphatic hydroxyl groups excluding tert-OH is 2.